The van der Waals surface area contributed by atoms with Gasteiger partial charge in [-0.2, -0.15) is 0 Å². The number of nitrogens with zero attached hydrogens (tertiary/aromatic N) is 1. The molecule has 2 aromatic rings. The molecule has 0 unspecified atom stereocenters. The Balaban J connectivity index is 0.00000145. The van der Waals surface area contributed by atoms with E-state index in [0.29, 0.717) is 21.3 Å². The highest BCUT2D eigenvalue weighted by Crippen LogP contribution is 2.52. The van der Waals surface area contributed by atoms with Crippen molar-refractivity contribution in [2.24, 2.45) is 5.41 Å². The molecule has 0 heterocycles. The van der Waals surface area contributed by atoms with Gasteiger partial charge >= 0.3 is 0 Å². The van der Waals surface area contributed by atoms with E-state index in [1.807, 2.05) is 27.9 Å². The molecule has 3 rings (SSSR count). The molecule has 0 spiro atoms. The summed E-state index contributed by atoms with van der Waals surface area (Å²) in [6, 6.07) is 3.24. The number of aromatic hydroxyl groups is 1. The van der Waals surface area contributed by atoms with Gasteiger partial charge in [0.15, 0.2) is 5.75 Å². The normalized spacial score (nSPS) is 15.1. The number of halogens is 1. The van der Waals surface area contributed by atoms with Crippen molar-refractivity contribution in [3.8, 4) is 5.75 Å². The molecule has 0 bridgehead atoms. The number of hydrogen-bond acceptors (Lipinski definition) is 7. The number of anilines is 3. The first-order valence-electron chi connectivity index (χ1n) is 9.72. The van der Waals surface area contributed by atoms with Gasteiger partial charge in [-0.3, -0.25) is 13.9 Å². The number of phenols is 1. The van der Waals surface area contributed by atoms with Crippen LogP contribution in [-0.4, -0.2) is 29.0 Å². The standard InChI is InChI=1S/C19H24ClN3O3S.C2H6/c1-18(2,3)19(8-9-19)22-13-12(15(25)16(13)26)21-11-7-6-10(20)17(14(11)24)27-23(4)5;1-2/h6-7,21-22,24H,8-9H2,1-5H3;1-2H3. The minimum atomic E-state index is -0.585. The van der Waals surface area contributed by atoms with E-state index in [4.69, 9.17) is 11.6 Å². The Morgan fingerprint density at radius 1 is 1.10 bits per heavy atom. The fourth-order valence-electron chi connectivity index (χ4n) is 3.11. The maximum absolute atomic E-state index is 12.1. The topological polar surface area (TPSA) is 81.7 Å². The maximum atomic E-state index is 12.1. The van der Waals surface area contributed by atoms with Gasteiger partial charge in [-0.1, -0.05) is 46.2 Å². The third-order valence-electron chi connectivity index (χ3n) is 5.08. The molecule has 0 radical (unpaired) electrons. The van der Waals surface area contributed by atoms with Crippen LogP contribution in [0.5, 0.6) is 5.75 Å². The second kappa shape index (κ2) is 8.58. The SMILES string of the molecule is CC.CN(C)Sc1c(Cl)ccc(Nc2c(NC3(C(C)(C)C)CC3)c(=O)c2=O)c1O. The smallest absolute Gasteiger partial charge is 0.253 e. The maximum Gasteiger partial charge on any atom is 0.253 e. The average Bonchev–Trinajstić information content (AvgIpc) is 3.45. The van der Waals surface area contributed by atoms with E-state index in [9.17, 15) is 14.7 Å². The van der Waals surface area contributed by atoms with Crippen LogP contribution in [0.15, 0.2) is 26.6 Å². The summed E-state index contributed by atoms with van der Waals surface area (Å²) in [5.41, 5.74) is -0.513. The summed E-state index contributed by atoms with van der Waals surface area (Å²) in [5.74, 6) is -0.0582. The Morgan fingerprint density at radius 2 is 1.66 bits per heavy atom. The van der Waals surface area contributed by atoms with Gasteiger partial charge in [0.05, 0.1) is 15.6 Å². The first-order chi connectivity index (χ1) is 13.5. The van der Waals surface area contributed by atoms with Crippen molar-refractivity contribution in [2.45, 2.75) is 57.9 Å². The molecule has 0 amide bonds. The van der Waals surface area contributed by atoms with Crippen LogP contribution in [0.4, 0.5) is 17.1 Å². The van der Waals surface area contributed by atoms with Crippen LogP contribution in [0.25, 0.3) is 0 Å². The van der Waals surface area contributed by atoms with Crippen LogP contribution < -0.4 is 21.5 Å². The molecular weight excluding hydrogens is 410 g/mol. The fraction of sp³-hybridized carbons (Fsp3) is 0.524. The lowest BCUT2D eigenvalue weighted by Crippen LogP contribution is -2.44. The Kier molecular flexibility index (Phi) is 6.97. The monoisotopic (exact) mass is 439 g/mol. The Morgan fingerprint density at radius 3 is 2.14 bits per heavy atom. The predicted molar refractivity (Wildman–Crippen MR) is 124 cm³/mol. The molecule has 0 saturated heterocycles. The Bertz CT molecular complexity index is 955. The first kappa shape index (κ1) is 23.6. The van der Waals surface area contributed by atoms with E-state index in [2.05, 4.69) is 31.4 Å². The van der Waals surface area contributed by atoms with E-state index >= 15 is 0 Å². The largest absolute Gasteiger partial charge is 0.505 e. The van der Waals surface area contributed by atoms with Gasteiger partial charge in [0.25, 0.3) is 10.9 Å². The molecule has 160 valence electrons. The zero-order chi connectivity index (χ0) is 22.1. The molecule has 3 N–H and O–H groups in total. The van der Waals surface area contributed by atoms with Crippen LogP contribution >= 0.6 is 23.5 Å². The number of rotatable bonds is 6. The number of phenolic OH excluding ortho intramolecular Hbond substituents is 1. The van der Waals surface area contributed by atoms with Gasteiger partial charge in [-0.15, -0.1) is 0 Å². The van der Waals surface area contributed by atoms with Crippen molar-refractivity contribution in [1.82, 2.24) is 4.31 Å². The molecule has 8 heteroatoms. The molecule has 1 fully saturated rings. The molecule has 1 saturated carbocycles. The molecule has 6 nitrogen and oxygen atoms in total. The second-order valence-electron chi connectivity index (χ2n) is 8.17. The highest BCUT2D eigenvalue weighted by molar-refractivity contribution is 7.97. The van der Waals surface area contributed by atoms with E-state index < -0.39 is 10.9 Å². The summed E-state index contributed by atoms with van der Waals surface area (Å²) in [7, 11) is 3.67. The molecule has 1 aliphatic rings. The summed E-state index contributed by atoms with van der Waals surface area (Å²) in [4.78, 5) is 24.8. The van der Waals surface area contributed by atoms with Crippen molar-refractivity contribution < 1.29 is 5.11 Å². The van der Waals surface area contributed by atoms with Crippen molar-refractivity contribution in [2.75, 3.05) is 24.7 Å². The number of benzene rings is 1. The number of nitrogens with one attached hydrogen (secondary N) is 2. The number of hydrogen-bond donors (Lipinski definition) is 3. The third kappa shape index (κ3) is 4.57. The molecule has 2 aromatic carbocycles. The van der Waals surface area contributed by atoms with Crippen LogP contribution in [0, 0.1) is 5.41 Å². The second-order valence-corrected chi connectivity index (χ2v) is 9.90. The third-order valence-corrected chi connectivity index (χ3v) is 6.47. The molecular formula is C21H30ClN3O3S. The molecule has 0 atom stereocenters. The first-order valence-corrected chi connectivity index (χ1v) is 10.9. The zero-order valence-electron chi connectivity index (χ0n) is 18.1. The van der Waals surface area contributed by atoms with Gasteiger partial charge in [-0.05, 0) is 56.4 Å². The fourth-order valence-corrected chi connectivity index (χ4v) is 4.08. The van der Waals surface area contributed by atoms with E-state index in [1.54, 1.807) is 16.4 Å². The van der Waals surface area contributed by atoms with Crippen LogP contribution in [0.2, 0.25) is 5.02 Å². The van der Waals surface area contributed by atoms with Gasteiger partial charge in [-0.25, -0.2) is 0 Å². The molecule has 0 aliphatic heterocycles. The summed E-state index contributed by atoms with van der Waals surface area (Å²) < 4.78 is 1.80. The Labute approximate surface area is 181 Å². The van der Waals surface area contributed by atoms with Crippen molar-refractivity contribution in [1.29, 1.82) is 0 Å². The van der Waals surface area contributed by atoms with E-state index in [1.165, 1.54) is 11.9 Å². The van der Waals surface area contributed by atoms with Gasteiger partial charge in [0, 0.05) is 5.54 Å². The lowest BCUT2D eigenvalue weighted by molar-refractivity contribution is 0.323. The van der Waals surface area contributed by atoms with Gasteiger partial charge in [0.1, 0.15) is 11.4 Å². The summed E-state index contributed by atoms with van der Waals surface area (Å²) in [6.45, 7) is 10.3. The van der Waals surface area contributed by atoms with Crippen LogP contribution in [-0.2, 0) is 0 Å². The molecule has 0 aromatic heterocycles. The lowest BCUT2D eigenvalue weighted by atomic mass is 9.83. The van der Waals surface area contributed by atoms with Gasteiger partial charge < -0.3 is 15.7 Å². The Hall–Kier alpha value is -1.70. The van der Waals surface area contributed by atoms with Gasteiger partial charge in [0.2, 0.25) is 0 Å². The van der Waals surface area contributed by atoms with E-state index in [-0.39, 0.29) is 22.4 Å². The summed E-state index contributed by atoms with van der Waals surface area (Å²) >= 11 is 7.45. The molecule has 1 aliphatic carbocycles. The quantitative estimate of drug-likeness (QED) is 0.333. The van der Waals surface area contributed by atoms with Crippen molar-refractivity contribution in [3.63, 3.8) is 0 Å². The van der Waals surface area contributed by atoms with Crippen LogP contribution in [0.3, 0.4) is 0 Å². The lowest BCUT2D eigenvalue weighted by Gasteiger charge is -2.33. The van der Waals surface area contributed by atoms with Crippen molar-refractivity contribution in [3.05, 3.63) is 37.6 Å². The van der Waals surface area contributed by atoms with Crippen molar-refractivity contribution >= 4 is 40.6 Å². The summed E-state index contributed by atoms with van der Waals surface area (Å²) in [5, 5.41) is 17.2. The minimum Gasteiger partial charge on any atom is -0.505 e. The summed E-state index contributed by atoms with van der Waals surface area (Å²) in [6.07, 6.45) is 1.90. The minimum absolute atomic E-state index is 0.0397. The highest BCUT2D eigenvalue weighted by Gasteiger charge is 2.53. The average molecular weight is 440 g/mol. The van der Waals surface area contributed by atoms with Crippen LogP contribution in [0.1, 0.15) is 47.5 Å². The zero-order valence-corrected chi connectivity index (χ0v) is 19.6. The van der Waals surface area contributed by atoms with E-state index in [0.717, 1.165) is 12.8 Å². The molecule has 29 heavy (non-hydrogen) atoms. The predicted octanol–water partition coefficient (Wildman–Crippen LogP) is 4.97. The highest BCUT2D eigenvalue weighted by atomic mass is 35.5.